The molecule has 0 aliphatic heterocycles. The van der Waals surface area contributed by atoms with Crippen LogP contribution in [0.3, 0.4) is 0 Å². The van der Waals surface area contributed by atoms with E-state index in [0.717, 1.165) is 18.2 Å². The number of alkyl halides is 3. The van der Waals surface area contributed by atoms with Crippen molar-refractivity contribution in [2.75, 3.05) is 18.5 Å². The Morgan fingerprint density at radius 3 is 2.39 bits per heavy atom. The number of halogens is 3. The zero-order valence-electron chi connectivity index (χ0n) is 15.1. The summed E-state index contributed by atoms with van der Waals surface area (Å²) in [5.74, 6) is -0.844. The van der Waals surface area contributed by atoms with Gasteiger partial charge >= 0.3 is 6.18 Å². The lowest BCUT2D eigenvalue weighted by molar-refractivity contribution is -0.136. The standard InChI is InChI=1S/C18H19F3N2O4S/c1-3-22-28(25,26)16-11-12(9-10-15(16)27-4-2)17(24)23-14-8-6-5-7-13(14)18(19,20)21/h5-11,22H,3-4H2,1-2H3,(H,23,24). The van der Waals surface area contributed by atoms with E-state index in [9.17, 15) is 26.4 Å². The highest BCUT2D eigenvalue weighted by Crippen LogP contribution is 2.35. The van der Waals surface area contributed by atoms with Crippen LogP contribution < -0.4 is 14.8 Å². The first-order chi connectivity index (χ1) is 13.1. The van der Waals surface area contributed by atoms with Crippen LogP contribution in [0.2, 0.25) is 0 Å². The van der Waals surface area contributed by atoms with Crippen LogP contribution in [0.15, 0.2) is 47.4 Å². The first kappa shape index (κ1) is 21.7. The Morgan fingerprint density at radius 2 is 1.79 bits per heavy atom. The largest absolute Gasteiger partial charge is 0.492 e. The van der Waals surface area contributed by atoms with Gasteiger partial charge in [-0.05, 0) is 37.3 Å². The lowest BCUT2D eigenvalue weighted by Gasteiger charge is -2.15. The van der Waals surface area contributed by atoms with E-state index in [1.807, 2.05) is 0 Å². The minimum atomic E-state index is -4.65. The lowest BCUT2D eigenvalue weighted by atomic mass is 10.1. The molecule has 0 fully saturated rings. The molecule has 28 heavy (non-hydrogen) atoms. The number of para-hydroxylation sites is 1. The quantitative estimate of drug-likeness (QED) is 0.722. The van der Waals surface area contributed by atoms with Crippen LogP contribution in [-0.2, 0) is 16.2 Å². The van der Waals surface area contributed by atoms with Gasteiger partial charge in [0.2, 0.25) is 10.0 Å². The monoisotopic (exact) mass is 416 g/mol. The maximum atomic E-state index is 13.1. The third-order valence-electron chi connectivity index (χ3n) is 3.61. The van der Waals surface area contributed by atoms with Crippen molar-refractivity contribution in [2.24, 2.45) is 0 Å². The number of hydrogen-bond donors (Lipinski definition) is 2. The molecule has 152 valence electrons. The first-order valence-corrected chi connectivity index (χ1v) is 9.82. The van der Waals surface area contributed by atoms with Crippen molar-refractivity contribution in [1.82, 2.24) is 4.72 Å². The van der Waals surface area contributed by atoms with Crippen molar-refractivity contribution in [1.29, 1.82) is 0 Å². The van der Waals surface area contributed by atoms with Crippen molar-refractivity contribution in [3.05, 3.63) is 53.6 Å². The van der Waals surface area contributed by atoms with E-state index in [0.29, 0.717) is 0 Å². The van der Waals surface area contributed by atoms with Gasteiger partial charge in [0.05, 0.1) is 17.9 Å². The fourth-order valence-electron chi connectivity index (χ4n) is 2.44. The maximum Gasteiger partial charge on any atom is 0.418 e. The van der Waals surface area contributed by atoms with Crippen LogP contribution in [0.25, 0.3) is 0 Å². The van der Waals surface area contributed by atoms with E-state index < -0.39 is 33.4 Å². The van der Waals surface area contributed by atoms with E-state index in [2.05, 4.69) is 10.0 Å². The summed E-state index contributed by atoms with van der Waals surface area (Å²) in [6, 6.07) is 8.15. The number of sulfonamides is 1. The molecule has 0 saturated carbocycles. The summed E-state index contributed by atoms with van der Waals surface area (Å²) in [6.07, 6.45) is -4.65. The second kappa shape index (κ2) is 8.61. The summed E-state index contributed by atoms with van der Waals surface area (Å²) in [7, 11) is -3.96. The summed E-state index contributed by atoms with van der Waals surface area (Å²) >= 11 is 0. The Balaban J connectivity index is 2.43. The second-order valence-electron chi connectivity index (χ2n) is 5.59. The number of hydrogen-bond acceptors (Lipinski definition) is 4. The Kier molecular flexibility index (Phi) is 6.68. The molecular weight excluding hydrogens is 397 g/mol. The van der Waals surface area contributed by atoms with Gasteiger partial charge in [0, 0.05) is 12.1 Å². The molecular formula is C18H19F3N2O4S. The number of ether oxygens (including phenoxy) is 1. The Hall–Kier alpha value is -2.59. The van der Waals surface area contributed by atoms with E-state index in [-0.39, 0.29) is 29.4 Å². The number of rotatable bonds is 7. The number of nitrogens with one attached hydrogen (secondary N) is 2. The first-order valence-electron chi connectivity index (χ1n) is 8.34. The minimum absolute atomic E-state index is 0.0377. The van der Waals surface area contributed by atoms with Gasteiger partial charge in [0.25, 0.3) is 5.91 Å². The predicted molar refractivity (Wildman–Crippen MR) is 97.9 cm³/mol. The molecule has 0 aliphatic rings. The molecule has 10 heteroatoms. The SMILES string of the molecule is CCNS(=O)(=O)c1cc(C(=O)Nc2ccccc2C(F)(F)F)ccc1OCC. The Labute approximate surface area is 160 Å². The van der Waals surface area contributed by atoms with Crippen LogP contribution in [0.1, 0.15) is 29.8 Å². The molecule has 2 N–H and O–H groups in total. The van der Waals surface area contributed by atoms with Gasteiger partial charge in [-0.3, -0.25) is 4.79 Å². The predicted octanol–water partition coefficient (Wildman–Crippen LogP) is 3.65. The van der Waals surface area contributed by atoms with Gasteiger partial charge in [-0.15, -0.1) is 0 Å². The van der Waals surface area contributed by atoms with Gasteiger partial charge < -0.3 is 10.1 Å². The highest BCUT2D eigenvalue weighted by Gasteiger charge is 2.33. The molecule has 2 rings (SSSR count). The molecule has 1 amide bonds. The van der Waals surface area contributed by atoms with Crippen LogP contribution in [-0.4, -0.2) is 27.5 Å². The molecule has 6 nitrogen and oxygen atoms in total. The summed E-state index contributed by atoms with van der Waals surface area (Å²) in [4.78, 5) is 12.2. The van der Waals surface area contributed by atoms with E-state index in [1.54, 1.807) is 13.8 Å². The highest BCUT2D eigenvalue weighted by atomic mass is 32.2. The zero-order valence-corrected chi connectivity index (χ0v) is 15.9. The van der Waals surface area contributed by atoms with Crippen molar-refractivity contribution in [3.8, 4) is 5.75 Å². The topological polar surface area (TPSA) is 84.5 Å². The number of carbonyl (C=O) groups excluding carboxylic acids is 1. The van der Waals surface area contributed by atoms with Gasteiger partial charge in [0.15, 0.2) is 0 Å². The molecule has 0 saturated heterocycles. The van der Waals surface area contributed by atoms with Crippen molar-refractivity contribution < 1.29 is 31.1 Å². The number of anilines is 1. The number of carbonyl (C=O) groups is 1. The third-order valence-corrected chi connectivity index (χ3v) is 5.18. The average Bonchev–Trinajstić information content (AvgIpc) is 2.61. The van der Waals surface area contributed by atoms with Crippen LogP contribution >= 0.6 is 0 Å². The smallest absolute Gasteiger partial charge is 0.418 e. The van der Waals surface area contributed by atoms with Crippen LogP contribution in [0.5, 0.6) is 5.75 Å². The fourth-order valence-corrected chi connectivity index (χ4v) is 3.65. The van der Waals surface area contributed by atoms with Crippen molar-refractivity contribution >= 4 is 21.6 Å². The Bertz CT molecular complexity index is 960. The normalized spacial score (nSPS) is 11.9. The third kappa shape index (κ3) is 5.02. The summed E-state index contributed by atoms with van der Waals surface area (Å²) in [5.41, 5.74) is -1.56. The maximum absolute atomic E-state index is 13.1. The number of amides is 1. The van der Waals surface area contributed by atoms with Gasteiger partial charge in [0.1, 0.15) is 10.6 Å². The molecule has 0 heterocycles. The molecule has 0 aliphatic carbocycles. The molecule has 2 aromatic rings. The second-order valence-corrected chi connectivity index (χ2v) is 7.33. The minimum Gasteiger partial charge on any atom is -0.492 e. The Morgan fingerprint density at radius 1 is 1.11 bits per heavy atom. The van der Waals surface area contributed by atoms with Gasteiger partial charge in [-0.1, -0.05) is 19.1 Å². The van der Waals surface area contributed by atoms with E-state index >= 15 is 0 Å². The van der Waals surface area contributed by atoms with Crippen molar-refractivity contribution in [2.45, 2.75) is 24.9 Å². The van der Waals surface area contributed by atoms with Gasteiger partial charge in [-0.25, -0.2) is 13.1 Å². The molecule has 0 unspecified atom stereocenters. The molecule has 0 bridgehead atoms. The molecule has 0 spiro atoms. The number of benzene rings is 2. The summed E-state index contributed by atoms with van der Waals surface area (Å²) in [5, 5.41) is 2.18. The van der Waals surface area contributed by atoms with E-state index in [4.69, 9.17) is 4.74 Å². The molecule has 0 radical (unpaired) electrons. The summed E-state index contributed by atoms with van der Waals surface area (Å²) < 4.78 is 71.6. The molecule has 0 atom stereocenters. The van der Waals surface area contributed by atoms with Crippen LogP contribution in [0.4, 0.5) is 18.9 Å². The van der Waals surface area contributed by atoms with Crippen molar-refractivity contribution in [3.63, 3.8) is 0 Å². The van der Waals surface area contributed by atoms with E-state index in [1.165, 1.54) is 24.3 Å². The highest BCUT2D eigenvalue weighted by molar-refractivity contribution is 7.89. The summed E-state index contributed by atoms with van der Waals surface area (Å²) in [6.45, 7) is 3.56. The lowest BCUT2D eigenvalue weighted by Crippen LogP contribution is -2.24. The van der Waals surface area contributed by atoms with Crippen LogP contribution in [0, 0.1) is 0 Å². The van der Waals surface area contributed by atoms with Gasteiger partial charge in [-0.2, -0.15) is 13.2 Å². The fraction of sp³-hybridized carbons (Fsp3) is 0.278. The zero-order chi connectivity index (χ0) is 20.9. The molecule has 0 aromatic heterocycles. The molecule has 2 aromatic carbocycles. The average molecular weight is 416 g/mol.